The number of unbranched alkanes of at least 4 members (excludes halogenated alkanes) is 36. The van der Waals surface area contributed by atoms with Gasteiger partial charge in [0.2, 0.25) is 0 Å². The molecule has 1 atom stereocenters. The lowest BCUT2D eigenvalue weighted by Crippen LogP contribution is -2.30. The Morgan fingerprint density at radius 2 is 0.547 bits per heavy atom. The smallest absolute Gasteiger partial charge is 0.306 e. The Morgan fingerprint density at radius 3 is 0.880 bits per heavy atom. The van der Waals surface area contributed by atoms with E-state index in [1.165, 1.54) is 212 Å². The number of carbonyl (C=O) groups excluding carboxylic acids is 3. The molecule has 6 nitrogen and oxygen atoms in total. The lowest BCUT2D eigenvalue weighted by Gasteiger charge is -2.18. The number of hydrogen-bond donors (Lipinski definition) is 0. The van der Waals surface area contributed by atoms with Crippen molar-refractivity contribution in [3.8, 4) is 0 Å². The first-order valence-electron chi connectivity index (χ1n) is 32.4. The van der Waals surface area contributed by atoms with Crippen LogP contribution >= 0.6 is 0 Å². The first kappa shape index (κ1) is 71.8. The van der Waals surface area contributed by atoms with Gasteiger partial charge in [0.15, 0.2) is 6.10 Å². The number of hydrogen-bond acceptors (Lipinski definition) is 6. The molecule has 6 heteroatoms. The largest absolute Gasteiger partial charge is 0.462 e. The fourth-order valence-corrected chi connectivity index (χ4v) is 9.33. The molecule has 0 aliphatic carbocycles. The summed E-state index contributed by atoms with van der Waals surface area (Å²) < 4.78 is 16.8. The standard InChI is InChI=1S/C69H122O6/c1-4-7-10-13-16-19-22-25-26-27-28-29-30-31-32-33-34-35-36-37-38-39-40-41-42-45-47-50-53-56-59-62-68(71)74-65-66(75-69(72)63-60-57-54-51-48-44-24-21-18-15-12-9-6-3)64-73-67(70)61-58-55-52-49-46-43-23-20-17-14-11-8-5-2/h9,12,18,20-21,23,27-28,44,48,54,57,66H,4-8,10-11,13-17,19,22,24-26,29-43,45-47,49-53,55-56,58-65H2,1-3H3/b12-9-,21-18-,23-20-,28-27-,48-44-,57-54-. The van der Waals surface area contributed by atoms with E-state index >= 15 is 0 Å². The molecular weight excluding hydrogens is 925 g/mol. The maximum Gasteiger partial charge on any atom is 0.306 e. The fraction of sp³-hybridized carbons (Fsp3) is 0.783. The zero-order valence-corrected chi connectivity index (χ0v) is 49.8. The van der Waals surface area contributed by atoms with Gasteiger partial charge >= 0.3 is 17.9 Å². The van der Waals surface area contributed by atoms with Crippen LogP contribution in [0.5, 0.6) is 0 Å². The van der Waals surface area contributed by atoms with Crippen LogP contribution in [0, 0.1) is 0 Å². The van der Waals surface area contributed by atoms with Crippen LogP contribution in [0.4, 0.5) is 0 Å². The van der Waals surface area contributed by atoms with Crippen LogP contribution in [0.3, 0.4) is 0 Å². The predicted octanol–water partition coefficient (Wildman–Crippen LogP) is 22.1. The summed E-state index contributed by atoms with van der Waals surface area (Å²) in [6.45, 7) is 6.47. The van der Waals surface area contributed by atoms with Crippen molar-refractivity contribution < 1.29 is 28.6 Å². The van der Waals surface area contributed by atoms with Crippen molar-refractivity contribution in [1.82, 2.24) is 0 Å². The first-order chi connectivity index (χ1) is 37.0. The van der Waals surface area contributed by atoms with E-state index in [2.05, 4.69) is 87.6 Å². The lowest BCUT2D eigenvalue weighted by molar-refractivity contribution is -0.166. The van der Waals surface area contributed by atoms with E-state index in [1.54, 1.807) is 0 Å². The van der Waals surface area contributed by atoms with Crippen molar-refractivity contribution >= 4 is 17.9 Å². The molecule has 0 aromatic carbocycles. The van der Waals surface area contributed by atoms with E-state index in [-0.39, 0.29) is 37.5 Å². The Morgan fingerprint density at radius 1 is 0.280 bits per heavy atom. The Kier molecular flexibility index (Phi) is 60.7. The molecule has 434 valence electrons. The first-order valence-corrected chi connectivity index (χ1v) is 32.4. The molecule has 0 saturated carbocycles. The quantitative estimate of drug-likeness (QED) is 0.0261. The van der Waals surface area contributed by atoms with Gasteiger partial charge in [-0.1, -0.05) is 286 Å². The number of ether oxygens (including phenoxy) is 3. The van der Waals surface area contributed by atoms with Crippen molar-refractivity contribution in [3.63, 3.8) is 0 Å². The summed E-state index contributed by atoms with van der Waals surface area (Å²) in [5.41, 5.74) is 0. The highest BCUT2D eigenvalue weighted by Crippen LogP contribution is 2.17. The number of allylic oxidation sites excluding steroid dienone is 12. The molecule has 0 aromatic rings. The van der Waals surface area contributed by atoms with Gasteiger partial charge in [-0.3, -0.25) is 14.4 Å². The zero-order valence-electron chi connectivity index (χ0n) is 49.8. The molecule has 0 aliphatic heterocycles. The molecule has 0 N–H and O–H groups in total. The van der Waals surface area contributed by atoms with E-state index in [9.17, 15) is 14.4 Å². The van der Waals surface area contributed by atoms with Gasteiger partial charge < -0.3 is 14.2 Å². The van der Waals surface area contributed by atoms with Gasteiger partial charge in [0.05, 0.1) is 0 Å². The molecule has 0 heterocycles. The summed E-state index contributed by atoms with van der Waals surface area (Å²) in [5.74, 6) is -0.984. The van der Waals surface area contributed by atoms with Crippen molar-refractivity contribution in [1.29, 1.82) is 0 Å². The SMILES string of the molecule is CC/C=C\C/C=C\C/C=C\C/C=C\CCC(=O)OC(COC(=O)CCCCCCC/C=C\CCCCCC)COC(=O)CCCCCCCCCCCCCCCCCCCCC/C=C\CCCCCCCCCC. The molecule has 0 radical (unpaired) electrons. The van der Waals surface area contributed by atoms with E-state index in [1.807, 2.05) is 6.08 Å². The highest BCUT2D eigenvalue weighted by Gasteiger charge is 2.19. The van der Waals surface area contributed by atoms with Gasteiger partial charge in [-0.2, -0.15) is 0 Å². The predicted molar refractivity (Wildman–Crippen MR) is 325 cm³/mol. The summed E-state index contributed by atoms with van der Waals surface area (Å²) in [5, 5.41) is 0. The van der Waals surface area contributed by atoms with E-state index in [4.69, 9.17) is 14.2 Å². The van der Waals surface area contributed by atoms with Crippen LogP contribution in [-0.2, 0) is 28.6 Å². The second kappa shape index (κ2) is 63.4. The van der Waals surface area contributed by atoms with E-state index < -0.39 is 6.10 Å². The minimum atomic E-state index is -0.815. The summed E-state index contributed by atoms with van der Waals surface area (Å²) >= 11 is 0. The minimum Gasteiger partial charge on any atom is -0.462 e. The molecule has 1 unspecified atom stereocenters. The van der Waals surface area contributed by atoms with Crippen molar-refractivity contribution in [3.05, 3.63) is 72.9 Å². The highest BCUT2D eigenvalue weighted by molar-refractivity contribution is 5.71. The van der Waals surface area contributed by atoms with Crippen LogP contribution in [-0.4, -0.2) is 37.2 Å². The average molecular weight is 1050 g/mol. The van der Waals surface area contributed by atoms with Crippen LogP contribution in [0.25, 0.3) is 0 Å². The third kappa shape index (κ3) is 61.6. The molecule has 0 aliphatic rings. The van der Waals surface area contributed by atoms with Crippen LogP contribution in [0.1, 0.15) is 329 Å². The monoisotopic (exact) mass is 1050 g/mol. The molecule has 0 aromatic heterocycles. The topological polar surface area (TPSA) is 78.9 Å². The van der Waals surface area contributed by atoms with Gasteiger partial charge in [0.1, 0.15) is 13.2 Å². The van der Waals surface area contributed by atoms with Gasteiger partial charge in [-0.25, -0.2) is 0 Å². The van der Waals surface area contributed by atoms with Crippen LogP contribution in [0.2, 0.25) is 0 Å². The Hall–Kier alpha value is -3.15. The zero-order chi connectivity index (χ0) is 54.3. The Bertz CT molecular complexity index is 1390. The summed E-state index contributed by atoms with van der Waals surface area (Å²) in [7, 11) is 0. The molecule has 0 fully saturated rings. The van der Waals surface area contributed by atoms with Gasteiger partial charge in [0, 0.05) is 19.3 Å². The molecule has 0 saturated heterocycles. The number of carbonyl (C=O) groups is 3. The molecule has 75 heavy (non-hydrogen) atoms. The average Bonchev–Trinajstić information content (AvgIpc) is 3.41. The molecule has 0 bridgehead atoms. The maximum atomic E-state index is 12.8. The van der Waals surface area contributed by atoms with Crippen molar-refractivity contribution in [2.45, 2.75) is 335 Å². The summed E-state index contributed by atoms with van der Waals surface area (Å²) in [6, 6.07) is 0. The van der Waals surface area contributed by atoms with Crippen LogP contribution in [0.15, 0.2) is 72.9 Å². The molecule has 0 spiro atoms. The van der Waals surface area contributed by atoms with Gasteiger partial charge in [-0.05, 0) is 96.3 Å². The minimum absolute atomic E-state index is 0.104. The summed E-state index contributed by atoms with van der Waals surface area (Å²) in [4.78, 5) is 38.1. The number of rotatable bonds is 59. The second-order valence-electron chi connectivity index (χ2n) is 21.6. The third-order valence-electron chi connectivity index (χ3n) is 14.2. The normalized spacial score (nSPS) is 12.5. The maximum absolute atomic E-state index is 12.8. The van der Waals surface area contributed by atoms with E-state index in [0.29, 0.717) is 19.3 Å². The molecular formula is C69H122O6. The van der Waals surface area contributed by atoms with Crippen molar-refractivity contribution in [2.75, 3.05) is 13.2 Å². The molecule has 0 amide bonds. The van der Waals surface area contributed by atoms with Gasteiger partial charge in [-0.15, -0.1) is 0 Å². The van der Waals surface area contributed by atoms with Crippen molar-refractivity contribution in [2.24, 2.45) is 0 Å². The third-order valence-corrected chi connectivity index (χ3v) is 14.2. The summed E-state index contributed by atoms with van der Waals surface area (Å²) in [6.07, 6.45) is 82.4. The van der Waals surface area contributed by atoms with Crippen LogP contribution < -0.4 is 0 Å². The molecule has 0 rings (SSSR count). The Balaban J connectivity index is 4.15. The number of esters is 3. The fourth-order valence-electron chi connectivity index (χ4n) is 9.33. The highest BCUT2D eigenvalue weighted by atomic mass is 16.6. The van der Waals surface area contributed by atoms with E-state index in [0.717, 1.165) is 70.6 Å². The Labute approximate surface area is 465 Å². The van der Waals surface area contributed by atoms with Gasteiger partial charge in [0.25, 0.3) is 0 Å². The lowest BCUT2D eigenvalue weighted by atomic mass is 10.0. The second-order valence-corrected chi connectivity index (χ2v) is 21.6.